The number of aromatic nitrogens is 2. The van der Waals surface area contributed by atoms with E-state index in [4.69, 9.17) is 9.47 Å². The molecule has 0 unspecified atom stereocenters. The van der Waals surface area contributed by atoms with Crippen molar-refractivity contribution >= 4 is 52.2 Å². The molecule has 0 spiro atoms. The number of esters is 1. The number of hydrogen-bond acceptors (Lipinski definition) is 10. The third kappa shape index (κ3) is 7.75. The second-order valence-electron chi connectivity index (χ2n) is 11.5. The van der Waals surface area contributed by atoms with Gasteiger partial charge in [-0.05, 0) is 55.3 Å². The highest BCUT2D eigenvalue weighted by Crippen LogP contribution is 2.34. The summed E-state index contributed by atoms with van der Waals surface area (Å²) in [5, 5.41) is 5.83. The zero-order chi connectivity index (χ0) is 36.9. The predicted molar refractivity (Wildman–Crippen MR) is 179 cm³/mol. The number of benzene rings is 2. The Morgan fingerprint density at radius 1 is 1.18 bits per heavy atom. The molecule has 1 fully saturated rings. The summed E-state index contributed by atoms with van der Waals surface area (Å²) in [5.74, 6) is -3.55. The summed E-state index contributed by atoms with van der Waals surface area (Å²) in [6, 6.07) is 6.56. The number of fused-ring (bicyclic) bond motifs is 1. The minimum absolute atomic E-state index is 0.00732. The average Bonchev–Trinajstić information content (AvgIpc) is 3.11. The van der Waals surface area contributed by atoms with Crippen LogP contribution < -0.4 is 20.4 Å². The first-order chi connectivity index (χ1) is 24.4. The highest BCUT2D eigenvalue weighted by atomic mass is 19.4. The van der Waals surface area contributed by atoms with Crippen molar-refractivity contribution in [2.24, 2.45) is 0 Å². The standard InChI is InChI=1S/C35H34F4N6O6/c1-4-51-34(49)26(43-32(47)30-20(2)14-22(16-25(30)36)44-12-13-50-18-29(44)35(37,38)39)15-21-7-8-28(31-23(21)6-5-10-42-31)45(19-46)33(48)24-9-11-41-17-27(24)40-3/h5-11,14,16-17,19,26,29,40H,4,12-13,15,18H2,1-3H3,(H,43,47)/t26-,29+/m0/s1. The molecular formula is C35H34F4N6O6. The van der Waals surface area contributed by atoms with Crippen LogP contribution in [0.1, 0.15) is 38.8 Å². The van der Waals surface area contributed by atoms with Gasteiger partial charge in [-0.1, -0.05) is 12.1 Å². The van der Waals surface area contributed by atoms with E-state index in [1.54, 1.807) is 32.2 Å². The third-order valence-corrected chi connectivity index (χ3v) is 8.38. The van der Waals surface area contributed by atoms with Crippen LogP contribution in [0.4, 0.5) is 34.6 Å². The summed E-state index contributed by atoms with van der Waals surface area (Å²) in [5.41, 5.74) is 0.953. The molecule has 0 aliphatic carbocycles. The van der Waals surface area contributed by atoms with E-state index in [2.05, 4.69) is 20.6 Å². The third-order valence-electron chi connectivity index (χ3n) is 8.38. The van der Waals surface area contributed by atoms with Crippen LogP contribution in [0.15, 0.2) is 61.1 Å². The van der Waals surface area contributed by atoms with Crippen molar-refractivity contribution in [3.8, 4) is 0 Å². The fourth-order valence-electron chi connectivity index (χ4n) is 5.96. The van der Waals surface area contributed by atoms with E-state index >= 15 is 4.39 Å². The van der Waals surface area contributed by atoms with Gasteiger partial charge in [-0.25, -0.2) is 14.1 Å². The largest absolute Gasteiger partial charge is 0.464 e. The number of carbonyl (C=O) groups is 4. The number of hydrogen-bond donors (Lipinski definition) is 2. The van der Waals surface area contributed by atoms with Crippen LogP contribution in [0, 0.1) is 12.7 Å². The van der Waals surface area contributed by atoms with Crippen molar-refractivity contribution in [1.29, 1.82) is 0 Å². The Balaban J connectivity index is 1.45. The summed E-state index contributed by atoms with van der Waals surface area (Å²) < 4.78 is 66.9. The van der Waals surface area contributed by atoms with Gasteiger partial charge in [-0.3, -0.25) is 24.4 Å². The minimum atomic E-state index is -4.64. The van der Waals surface area contributed by atoms with Gasteiger partial charge in [0.2, 0.25) is 6.41 Å². The maximum atomic E-state index is 15.6. The number of ether oxygens (including phenoxy) is 2. The molecule has 5 rings (SSSR count). The molecule has 1 aliphatic rings. The number of amides is 3. The van der Waals surface area contributed by atoms with Gasteiger partial charge in [-0.2, -0.15) is 13.2 Å². The number of alkyl halides is 3. The van der Waals surface area contributed by atoms with E-state index in [9.17, 15) is 32.3 Å². The molecule has 2 aromatic heterocycles. The van der Waals surface area contributed by atoms with Crippen LogP contribution in [-0.2, 0) is 25.5 Å². The van der Waals surface area contributed by atoms with Crippen molar-refractivity contribution in [3.63, 3.8) is 0 Å². The Bertz CT molecular complexity index is 1930. The van der Waals surface area contributed by atoms with Crippen LogP contribution in [0.3, 0.4) is 0 Å². The van der Waals surface area contributed by atoms with Crippen LogP contribution in [-0.4, -0.2) is 85.8 Å². The van der Waals surface area contributed by atoms with E-state index in [1.165, 1.54) is 43.7 Å². The quantitative estimate of drug-likeness (QED) is 0.129. The fraction of sp³-hybridized carbons (Fsp3) is 0.314. The van der Waals surface area contributed by atoms with Gasteiger partial charge in [0.25, 0.3) is 11.8 Å². The van der Waals surface area contributed by atoms with Gasteiger partial charge >= 0.3 is 12.1 Å². The number of nitrogens with zero attached hydrogens (tertiary/aromatic N) is 4. The van der Waals surface area contributed by atoms with Crippen LogP contribution in [0.2, 0.25) is 0 Å². The van der Waals surface area contributed by atoms with E-state index in [-0.39, 0.29) is 54.2 Å². The lowest BCUT2D eigenvalue weighted by molar-refractivity contribution is -0.167. The molecule has 0 bridgehead atoms. The summed E-state index contributed by atoms with van der Waals surface area (Å²) in [7, 11) is 1.60. The van der Waals surface area contributed by atoms with E-state index in [0.717, 1.165) is 15.9 Å². The number of nitrogens with one attached hydrogen (secondary N) is 2. The maximum absolute atomic E-state index is 15.6. The summed E-state index contributed by atoms with van der Waals surface area (Å²) in [6.07, 6.45) is -0.137. The SMILES string of the molecule is CCOC(=O)[C@H](Cc1ccc(N(C=O)C(=O)c2ccncc2NC)c2ncccc12)NC(=O)c1c(C)cc(N2CCOC[C@@H]2C(F)(F)F)cc1F. The second kappa shape index (κ2) is 15.5. The lowest BCUT2D eigenvalue weighted by Crippen LogP contribution is -2.53. The van der Waals surface area contributed by atoms with Gasteiger partial charge < -0.3 is 25.0 Å². The lowest BCUT2D eigenvalue weighted by atomic mass is 9.98. The first kappa shape index (κ1) is 36.6. The maximum Gasteiger partial charge on any atom is 0.411 e. The number of rotatable bonds is 11. The number of morpholine rings is 1. The zero-order valence-electron chi connectivity index (χ0n) is 27.8. The zero-order valence-corrected chi connectivity index (χ0v) is 27.8. The van der Waals surface area contributed by atoms with Crippen molar-refractivity contribution < 1.29 is 46.2 Å². The predicted octanol–water partition coefficient (Wildman–Crippen LogP) is 4.59. The molecule has 4 aromatic rings. The highest BCUT2D eigenvalue weighted by Gasteiger charge is 2.45. The molecular weight excluding hydrogens is 676 g/mol. The molecule has 1 saturated heterocycles. The highest BCUT2D eigenvalue weighted by molar-refractivity contribution is 6.20. The van der Waals surface area contributed by atoms with Crippen molar-refractivity contribution in [2.75, 3.05) is 48.5 Å². The Morgan fingerprint density at radius 2 is 1.96 bits per heavy atom. The fourth-order valence-corrected chi connectivity index (χ4v) is 5.96. The molecule has 3 heterocycles. The second-order valence-corrected chi connectivity index (χ2v) is 11.5. The molecule has 2 N–H and O–H groups in total. The molecule has 12 nitrogen and oxygen atoms in total. The molecule has 0 saturated carbocycles. The molecule has 268 valence electrons. The normalized spacial score (nSPS) is 15.2. The lowest BCUT2D eigenvalue weighted by Gasteiger charge is -2.38. The van der Waals surface area contributed by atoms with Gasteiger partial charge in [0, 0.05) is 43.5 Å². The Labute approximate surface area is 289 Å². The molecule has 51 heavy (non-hydrogen) atoms. The number of anilines is 3. The molecule has 2 atom stereocenters. The smallest absolute Gasteiger partial charge is 0.411 e. The van der Waals surface area contributed by atoms with E-state index in [1.807, 2.05) is 0 Å². The summed E-state index contributed by atoms with van der Waals surface area (Å²) in [4.78, 5) is 62.8. The molecule has 3 amide bonds. The number of halogens is 4. The van der Waals surface area contributed by atoms with Gasteiger partial charge in [-0.15, -0.1) is 0 Å². The van der Waals surface area contributed by atoms with Crippen molar-refractivity contribution in [3.05, 3.63) is 89.1 Å². The number of pyridine rings is 2. The van der Waals surface area contributed by atoms with Crippen LogP contribution in [0.5, 0.6) is 0 Å². The molecule has 0 radical (unpaired) electrons. The van der Waals surface area contributed by atoms with Crippen molar-refractivity contribution in [2.45, 2.75) is 38.5 Å². The van der Waals surface area contributed by atoms with E-state index < -0.39 is 54.0 Å². The average molecular weight is 711 g/mol. The van der Waals surface area contributed by atoms with Crippen LogP contribution in [0.25, 0.3) is 10.9 Å². The van der Waals surface area contributed by atoms with Crippen molar-refractivity contribution in [1.82, 2.24) is 15.3 Å². The number of imide groups is 1. The Kier molecular flexibility index (Phi) is 11.1. The van der Waals surface area contributed by atoms with E-state index in [0.29, 0.717) is 23.0 Å². The Hall–Kier alpha value is -5.64. The molecule has 2 aromatic carbocycles. The number of carbonyl (C=O) groups excluding carboxylic acids is 4. The molecule has 1 aliphatic heterocycles. The molecule has 16 heteroatoms. The number of aryl methyl sites for hydroxylation is 1. The Morgan fingerprint density at radius 3 is 2.65 bits per heavy atom. The van der Waals surface area contributed by atoms with Gasteiger partial charge in [0.15, 0.2) is 0 Å². The first-order valence-corrected chi connectivity index (χ1v) is 15.9. The van der Waals surface area contributed by atoms with Gasteiger partial charge in [0.1, 0.15) is 17.9 Å². The first-order valence-electron chi connectivity index (χ1n) is 15.9. The monoisotopic (exact) mass is 710 g/mol. The summed E-state index contributed by atoms with van der Waals surface area (Å²) in [6.45, 7) is 2.17. The minimum Gasteiger partial charge on any atom is -0.464 e. The van der Waals surface area contributed by atoms with Crippen LogP contribution >= 0.6 is 0 Å². The topological polar surface area (TPSA) is 143 Å². The van der Waals surface area contributed by atoms with Gasteiger partial charge in [0.05, 0.1) is 54.0 Å². The summed E-state index contributed by atoms with van der Waals surface area (Å²) >= 11 is 0.